The summed E-state index contributed by atoms with van der Waals surface area (Å²) in [5, 5.41) is 10.8. The Morgan fingerprint density at radius 3 is 2.60 bits per heavy atom. The molecular formula is C20H13ClN2O2. The van der Waals surface area contributed by atoms with Crippen molar-refractivity contribution in [2.24, 2.45) is 4.99 Å². The first-order valence-corrected chi connectivity index (χ1v) is 8.05. The van der Waals surface area contributed by atoms with Gasteiger partial charge in [-0.15, -0.1) is 0 Å². The average Bonchev–Trinajstić information content (AvgIpc) is 3.06. The van der Waals surface area contributed by atoms with E-state index in [0.717, 1.165) is 11.1 Å². The van der Waals surface area contributed by atoms with E-state index in [-0.39, 0.29) is 5.75 Å². The molecule has 0 saturated carbocycles. The number of aromatic hydroxyl groups is 1. The summed E-state index contributed by atoms with van der Waals surface area (Å²) in [5.74, 6) is 0.458. The molecule has 0 fully saturated rings. The minimum atomic E-state index is 0.0944. The van der Waals surface area contributed by atoms with Crippen molar-refractivity contribution >= 4 is 34.6 Å². The fourth-order valence-corrected chi connectivity index (χ4v) is 2.59. The van der Waals surface area contributed by atoms with E-state index in [1.165, 1.54) is 0 Å². The third-order valence-corrected chi connectivity index (χ3v) is 3.99. The van der Waals surface area contributed by atoms with E-state index in [1.54, 1.807) is 24.4 Å². The van der Waals surface area contributed by atoms with Crippen LogP contribution in [0.15, 0.2) is 76.1 Å². The summed E-state index contributed by atoms with van der Waals surface area (Å²) in [6.45, 7) is 0. The molecule has 1 aromatic heterocycles. The summed E-state index contributed by atoms with van der Waals surface area (Å²) >= 11 is 5.88. The molecule has 0 atom stereocenters. The molecule has 1 heterocycles. The molecule has 3 aromatic carbocycles. The largest absolute Gasteiger partial charge is 0.507 e. The summed E-state index contributed by atoms with van der Waals surface area (Å²) in [6.07, 6.45) is 1.73. The maximum atomic E-state index is 10.2. The van der Waals surface area contributed by atoms with Gasteiger partial charge in [0.15, 0.2) is 5.58 Å². The first kappa shape index (κ1) is 15.4. The minimum Gasteiger partial charge on any atom is -0.507 e. The number of halogens is 1. The number of rotatable bonds is 3. The standard InChI is InChI=1S/C20H13ClN2O2/c21-14-7-5-13(6-8-14)12-22-15-9-10-18(24)16(11-15)20-23-17-3-1-2-4-19(17)25-20/h1-12,24H. The van der Waals surface area contributed by atoms with Crippen molar-refractivity contribution in [2.75, 3.05) is 0 Å². The van der Waals surface area contributed by atoms with Crippen LogP contribution in [0.25, 0.3) is 22.6 Å². The molecular weight excluding hydrogens is 336 g/mol. The van der Waals surface area contributed by atoms with Crippen LogP contribution in [0, 0.1) is 0 Å². The van der Waals surface area contributed by atoms with E-state index >= 15 is 0 Å². The number of oxazole rings is 1. The summed E-state index contributed by atoms with van der Waals surface area (Å²) in [6, 6.07) is 19.9. The molecule has 0 radical (unpaired) electrons. The SMILES string of the molecule is Oc1ccc(N=Cc2ccc(Cl)cc2)cc1-c1nc2ccccc2o1. The molecule has 0 saturated heterocycles. The normalized spacial score (nSPS) is 11.4. The molecule has 4 aromatic rings. The second kappa shape index (κ2) is 6.42. The molecule has 1 N–H and O–H groups in total. The number of nitrogens with zero attached hydrogens (tertiary/aromatic N) is 2. The third-order valence-electron chi connectivity index (χ3n) is 3.74. The van der Waals surface area contributed by atoms with E-state index in [0.29, 0.717) is 27.7 Å². The molecule has 0 unspecified atom stereocenters. The highest BCUT2D eigenvalue weighted by Gasteiger charge is 2.12. The zero-order valence-electron chi connectivity index (χ0n) is 13.1. The maximum absolute atomic E-state index is 10.2. The maximum Gasteiger partial charge on any atom is 0.231 e. The van der Waals surface area contributed by atoms with Crippen molar-refractivity contribution in [1.82, 2.24) is 4.98 Å². The van der Waals surface area contributed by atoms with Gasteiger partial charge in [-0.1, -0.05) is 35.9 Å². The van der Waals surface area contributed by atoms with Gasteiger partial charge in [0.05, 0.1) is 11.3 Å². The predicted molar refractivity (Wildman–Crippen MR) is 99.8 cm³/mol. The Balaban J connectivity index is 1.69. The number of hydrogen-bond donors (Lipinski definition) is 1. The van der Waals surface area contributed by atoms with E-state index in [9.17, 15) is 5.11 Å². The minimum absolute atomic E-state index is 0.0944. The van der Waals surface area contributed by atoms with Crippen LogP contribution in [-0.2, 0) is 0 Å². The molecule has 0 aliphatic carbocycles. The predicted octanol–water partition coefficient (Wildman–Crippen LogP) is 5.60. The summed E-state index contributed by atoms with van der Waals surface area (Å²) in [5.41, 5.74) is 3.53. The molecule has 5 heteroatoms. The van der Waals surface area contributed by atoms with Crippen molar-refractivity contribution in [1.29, 1.82) is 0 Å². The third kappa shape index (κ3) is 3.25. The van der Waals surface area contributed by atoms with Crippen LogP contribution in [-0.4, -0.2) is 16.3 Å². The smallest absolute Gasteiger partial charge is 0.231 e. The van der Waals surface area contributed by atoms with Gasteiger partial charge in [-0.05, 0) is 48.0 Å². The van der Waals surface area contributed by atoms with E-state index < -0.39 is 0 Å². The van der Waals surface area contributed by atoms with Crippen molar-refractivity contribution < 1.29 is 9.52 Å². The number of para-hydroxylation sites is 2. The van der Waals surface area contributed by atoms with Crippen LogP contribution in [0.2, 0.25) is 5.02 Å². The molecule has 4 rings (SSSR count). The van der Waals surface area contributed by atoms with Crippen molar-refractivity contribution in [3.8, 4) is 17.2 Å². The second-order valence-electron chi connectivity index (χ2n) is 5.50. The molecule has 0 aliphatic rings. The molecule has 0 bridgehead atoms. The molecule has 0 spiro atoms. The highest BCUT2D eigenvalue weighted by Crippen LogP contribution is 2.34. The molecule has 122 valence electrons. The van der Waals surface area contributed by atoms with Crippen molar-refractivity contribution in [2.45, 2.75) is 0 Å². The quantitative estimate of drug-likeness (QED) is 0.490. The van der Waals surface area contributed by atoms with E-state index in [4.69, 9.17) is 16.0 Å². The van der Waals surface area contributed by atoms with Gasteiger partial charge in [0.25, 0.3) is 0 Å². The van der Waals surface area contributed by atoms with Gasteiger partial charge in [0.1, 0.15) is 11.3 Å². The molecule has 0 amide bonds. The average molecular weight is 349 g/mol. The monoisotopic (exact) mass is 348 g/mol. The van der Waals surface area contributed by atoms with Crippen LogP contribution in [0.5, 0.6) is 5.75 Å². The molecule has 25 heavy (non-hydrogen) atoms. The van der Waals surface area contributed by atoms with Gasteiger partial charge in [-0.3, -0.25) is 4.99 Å². The number of benzene rings is 3. The lowest BCUT2D eigenvalue weighted by molar-refractivity contribution is 0.474. The van der Waals surface area contributed by atoms with Gasteiger partial charge in [-0.25, -0.2) is 4.98 Å². The lowest BCUT2D eigenvalue weighted by Gasteiger charge is -2.02. The van der Waals surface area contributed by atoms with Crippen LogP contribution in [0.4, 0.5) is 5.69 Å². The van der Waals surface area contributed by atoms with Crippen molar-refractivity contribution in [3.63, 3.8) is 0 Å². The van der Waals surface area contributed by atoms with Crippen LogP contribution < -0.4 is 0 Å². The van der Waals surface area contributed by atoms with Crippen LogP contribution in [0.1, 0.15) is 5.56 Å². The van der Waals surface area contributed by atoms with Gasteiger partial charge in [0.2, 0.25) is 5.89 Å². The Morgan fingerprint density at radius 1 is 1.00 bits per heavy atom. The lowest BCUT2D eigenvalue weighted by Crippen LogP contribution is -1.81. The Kier molecular flexibility index (Phi) is 3.96. The van der Waals surface area contributed by atoms with Gasteiger partial charge < -0.3 is 9.52 Å². The zero-order chi connectivity index (χ0) is 17.2. The number of fused-ring (bicyclic) bond motifs is 1. The summed E-state index contributed by atoms with van der Waals surface area (Å²) in [7, 11) is 0. The van der Waals surface area contributed by atoms with E-state index in [2.05, 4.69) is 9.98 Å². The Bertz CT molecular complexity index is 1040. The topological polar surface area (TPSA) is 58.6 Å². The number of phenols is 1. The summed E-state index contributed by atoms with van der Waals surface area (Å²) < 4.78 is 5.73. The number of aliphatic imine (C=N–C) groups is 1. The Hall–Kier alpha value is -3.11. The fourth-order valence-electron chi connectivity index (χ4n) is 2.46. The zero-order valence-corrected chi connectivity index (χ0v) is 13.8. The van der Waals surface area contributed by atoms with Crippen molar-refractivity contribution in [3.05, 3.63) is 77.3 Å². The van der Waals surface area contributed by atoms with Crippen LogP contribution in [0.3, 0.4) is 0 Å². The number of aromatic nitrogens is 1. The van der Waals surface area contributed by atoms with E-state index in [1.807, 2.05) is 48.5 Å². The second-order valence-corrected chi connectivity index (χ2v) is 5.93. The number of hydrogen-bond acceptors (Lipinski definition) is 4. The molecule has 0 aliphatic heterocycles. The highest BCUT2D eigenvalue weighted by atomic mass is 35.5. The summed E-state index contributed by atoms with van der Waals surface area (Å²) in [4.78, 5) is 8.86. The Labute approximate surface area is 149 Å². The van der Waals surface area contributed by atoms with Gasteiger partial charge in [-0.2, -0.15) is 0 Å². The number of phenolic OH excluding ortho intramolecular Hbond substituents is 1. The first-order chi connectivity index (χ1) is 12.2. The Morgan fingerprint density at radius 2 is 1.80 bits per heavy atom. The molecule has 4 nitrogen and oxygen atoms in total. The lowest BCUT2D eigenvalue weighted by atomic mass is 10.1. The van der Waals surface area contributed by atoms with Gasteiger partial charge >= 0.3 is 0 Å². The highest BCUT2D eigenvalue weighted by molar-refractivity contribution is 6.30. The van der Waals surface area contributed by atoms with Gasteiger partial charge in [0, 0.05) is 11.2 Å². The first-order valence-electron chi connectivity index (χ1n) is 7.68. The fraction of sp³-hybridized carbons (Fsp3) is 0. The van der Waals surface area contributed by atoms with Crippen LogP contribution >= 0.6 is 11.6 Å².